The average Bonchev–Trinajstić information content (AvgIpc) is 2.72. The van der Waals surface area contributed by atoms with Crippen LogP contribution in [-0.4, -0.2) is 104 Å². The highest BCUT2D eigenvalue weighted by atomic mass is 16.7. The monoisotopic (exact) mass is 446 g/mol. The molecule has 2 heterocycles. The van der Waals surface area contributed by atoms with E-state index in [1.165, 1.54) is 0 Å². The zero-order valence-electron chi connectivity index (χ0n) is 17.2. The van der Waals surface area contributed by atoms with Crippen molar-refractivity contribution in [2.45, 2.75) is 75.3 Å². The molecule has 0 aliphatic carbocycles. The summed E-state index contributed by atoms with van der Waals surface area (Å²) in [5.74, 6) is 0.241. The topological polar surface area (TPSA) is 179 Å². The smallest absolute Gasteiger partial charge is 0.229 e. The van der Waals surface area contributed by atoms with Gasteiger partial charge >= 0.3 is 0 Å². The van der Waals surface area contributed by atoms with Gasteiger partial charge in [0.15, 0.2) is 6.29 Å². The summed E-state index contributed by atoms with van der Waals surface area (Å²) in [6, 6.07) is 5.05. The second kappa shape index (κ2) is 10.0. The highest BCUT2D eigenvalue weighted by Crippen LogP contribution is 2.32. The van der Waals surface area contributed by atoms with Crippen molar-refractivity contribution in [3.8, 4) is 5.75 Å². The SMILES string of the molecule is Cc1cccc(O[C@@H]2O[C@H](CO[C@@H]3OC[C@H](O)[C@H](O)[C@H]3O)[C@@H](O)[C@H](O)[C@H]2O)c1[C@@H](C)O. The molecule has 0 amide bonds. The lowest BCUT2D eigenvalue weighted by Gasteiger charge is -2.41. The van der Waals surface area contributed by atoms with Crippen molar-refractivity contribution in [3.05, 3.63) is 29.3 Å². The van der Waals surface area contributed by atoms with E-state index in [2.05, 4.69) is 0 Å². The maximum atomic E-state index is 10.3. The van der Waals surface area contributed by atoms with E-state index in [1.54, 1.807) is 32.0 Å². The van der Waals surface area contributed by atoms with Crippen molar-refractivity contribution in [1.29, 1.82) is 0 Å². The van der Waals surface area contributed by atoms with Gasteiger partial charge in [0.05, 0.1) is 19.3 Å². The van der Waals surface area contributed by atoms with Crippen molar-refractivity contribution in [1.82, 2.24) is 0 Å². The normalized spacial score (nSPS) is 39.8. The molecular weight excluding hydrogens is 416 g/mol. The first kappa shape index (κ1) is 24.3. The third-order valence-electron chi connectivity index (χ3n) is 5.49. The Bertz CT molecular complexity index is 729. The zero-order valence-corrected chi connectivity index (χ0v) is 17.2. The van der Waals surface area contributed by atoms with E-state index in [0.717, 1.165) is 5.56 Å². The van der Waals surface area contributed by atoms with Gasteiger partial charge < -0.3 is 54.7 Å². The minimum absolute atomic E-state index is 0.241. The first-order chi connectivity index (χ1) is 14.6. The van der Waals surface area contributed by atoms with E-state index in [1.807, 2.05) is 0 Å². The Morgan fingerprint density at radius 3 is 2.32 bits per heavy atom. The van der Waals surface area contributed by atoms with Gasteiger partial charge in [-0.1, -0.05) is 12.1 Å². The number of aliphatic hydroxyl groups is 7. The summed E-state index contributed by atoms with van der Waals surface area (Å²) in [5.41, 5.74) is 1.24. The molecule has 0 radical (unpaired) electrons. The number of hydrogen-bond donors (Lipinski definition) is 7. The number of rotatable bonds is 6. The van der Waals surface area contributed by atoms with Crippen LogP contribution in [0.4, 0.5) is 0 Å². The Balaban J connectivity index is 1.69. The molecule has 11 nitrogen and oxygen atoms in total. The van der Waals surface area contributed by atoms with Gasteiger partial charge in [0, 0.05) is 5.56 Å². The third kappa shape index (κ3) is 5.17. The number of aliphatic hydroxyl groups excluding tert-OH is 7. The zero-order chi connectivity index (χ0) is 22.9. The van der Waals surface area contributed by atoms with Crippen molar-refractivity contribution < 1.29 is 54.7 Å². The highest BCUT2D eigenvalue weighted by Gasteiger charge is 2.46. The van der Waals surface area contributed by atoms with Crippen LogP contribution >= 0.6 is 0 Å². The molecule has 0 unspecified atom stereocenters. The van der Waals surface area contributed by atoms with Crippen LogP contribution in [0.25, 0.3) is 0 Å². The fourth-order valence-electron chi connectivity index (χ4n) is 3.68. The summed E-state index contributed by atoms with van der Waals surface area (Å²) >= 11 is 0. The second-order valence-electron chi connectivity index (χ2n) is 7.88. The first-order valence-corrected chi connectivity index (χ1v) is 10.0. The van der Waals surface area contributed by atoms with Crippen LogP contribution in [0, 0.1) is 6.92 Å². The summed E-state index contributed by atoms with van der Waals surface area (Å²) in [7, 11) is 0. The van der Waals surface area contributed by atoms with E-state index in [4.69, 9.17) is 18.9 Å². The van der Waals surface area contributed by atoms with Gasteiger partial charge in [0.2, 0.25) is 6.29 Å². The van der Waals surface area contributed by atoms with Crippen LogP contribution in [0.1, 0.15) is 24.2 Å². The molecule has 3 rings (SSSR count). The van der Waals surface area contributed by atoms with Crippen LogP contribution in [0.2, 0.25) is 0 Å². The van der Waals surface area contributed by atoms with Crippen molar-refractivity contribution in [3.63, 3.8) is 0 Å². The molecule has 7 N–H and O–H groups in total. The number of benzene rings is 1. The van der Waals surface area contributed by atoms with E-state index in [9.17, 15) is 35.7 Å². The summed E-state index contributed by atoms with van der Waals surface area (Å²) in [4.78, 5) is 0. The standard InChI is InChI=1S/C20H30O11/c1-8-4-3-5-11(13(8)9(2)21)30-20-18(27)16(25)15(24)12(31-20)7-29-19-17(26)14(23)10(22)6-28-19/h3-5,9-10,12,14-27H,6-7H2,1-2H3/t9-,10+,12-,14+,15-,16+,17-,18-,19+,20-/m1/s1. The van der Waals surface area contributed by atoms with Crippen LogP contribution in [0.5, 0.6) is 5.75 Å². The van der Waals surface area contributed by atoms with E-state index in [-0.39, 0.29) is 19.0 Å². The molecule has 11 heteroatoms. The quantitative estimate of drug-likeness (QED) is 0.250. The Morgan fingerprint density at radius 1 is 0.968 bits per heavy atom. The molecule has 2 fully saturated rings. The van der Waals surface area contributed by atoms with Crippen molar-refractivity contribution in [2.75, 3.05) is 13.2 Å². The van der Waals surface area contributed by atoms with E-state index in [0.29, 0.717) is 5.56 Å². The molecule has 1 aromatic carbocycles. The summed E-state index contributed by atoms with van der Waals surface area (Å²) in [6.45, 7) is 2.69. The van der Waals surface area contributed by atoms with Gasteiger partial charge in [-0.05, 0) is 25.5 Å². The molecule has 176 valence electrons. The molecule has 0 bridgehead atoms. The third-order valence-corrected chi connectivity index (χ3v) is 5.49. The molecule has 0 spiro atoms. The predicted molar refractivity (Wildman–Crippen MR) is 103 cm³/mol. The lowest BCUT2D eigenvalue weighted by molar-refractivity contribution is -0.307. The molecule has 2 aliphatic heterocycles. The Hall–Kier alpha value is -1.38. The fraction of sp³-hybridized carbons (Fsp3) is 0.700. The van der Waals surface area contributed by atoms with Gasteiger partial charge in [0.25, 0.3) is 0 Å². The molecule has 0 aromatic heterocycles. The van der Waals surface area contributed by atoms with Gasteiger partial charge in [-0.25, -0.2) is 0 Å². The molecule has 2 aliphatic rings. The molecule has 10 atom stereocenters. The Labute approximate surface area is 179 Å². The van der Waals surface area contributed by atoms with Crippen LogP contribution < -0.4 is 4.74 Å². The first-order valence-electron chi connectivity index (χ1n) is 10.0. The lowest BCUT2D eigenvalue weighted by Crippen LogP contribution is -2.61. The van der Waals surface area contributed by atoms with Crippen molar-refractivity contribution >= 4 is 0 Å². The number of hydrogen-bond acceptors (Lipinski definition) is 11. The maximum Gasteiger partial charge on any atom is 0.229 e. The van der Waals surface area contributed by atoms with Crippen LogP contribution in [-0.2, 0) is 14.2 Å². The van der Waals surface area contributed by atoms with Crippen LogP contribution in [0.15, 0.2) is 18.2 Å². The van der Waals surface area contributed by atoms with Gasteiger partial charge in [-0.3, -0.25) is 0 Å². The Kier molecular flexibility index (Phi) is 7.86. The average molecular weight is 446 g/mol. The summed E-state index contributed by atoms with van der Waals surface area (Å²) < 4.78 is 21.8. The van der Waals surface area contributed by atoms with Gasteiger partial charge in [-0.2, -0.15) is 0 Å². The van der Waals surface area contributed by atoms with Gasteiger partial charge in [-0.15, -0.1) is 0 Å². The minimum atomic E-state index is -1.63. The van der Waals surface area contributed by atoms with E-state index < -0.39 is 61.4 Å². The van der Waals surface area contributed by atoms with E-state index >= 15 is 0 Å². The molecular formula is C20H30O11. The predicted octanol–water partition coefficient (Wildman–Crippen LogP) is -2.31. The summed E-state index contributed by atoms with van der Waals surface area (Å²) in [5, 5.41) is 70.1. The summed E-state index contributed by atoms with van der Waals surface area (Å²) in [6.07, 6.45) is -13.8. The minimum Gasteiger partial charge on any atom is -0.462 e. The van der Waals surface area contributed by atoms with Crippen LogP contribution in [0.3, 0.4) is 0 Å². The molecule has 0 saturated carbocycles. The van der Waals surface area contributed by atoms with Crippen molar-refractivity contribution in [2.24, 2.45) is 0 Å². The van der Waals surface area contributed by atoms with Gasteiger partial charge in [0.1, 0.15) is 48.5 Å². The fourth-order valence-corrected chi connectivity index (χ4v) is 3.68. The Morgan fingerprint density at radius 2 is 1.65 bits per heavy atom. The molecule has 31 heavy (non-hydrogen) atoms. The highest BCUT2D eigenvalue weighted by molar-refractivity contribution is 5.41. The molecule has 1 aromatic rings. The molecule has 2 saturated heterocycles. The second-order valence-corrected chi connectivity index (χ2v) is 7.88. The number of ether oxygens (including phenoxy) is 4. The maximum absolute atomic E-state index is 10.3. The largest absolute Gasteiger partial charge is 0.462 e. The number of aryl methyl sites for hydroxylation is 1. The lowest BCUT2D eigenvalue weighted by atomic mass is 9.99.